The number of halogens is 1. The summed E-state index contributed by atoms with van der Waals surface area (Å²) in [5, 5.41) is 11.3. The number of imide groups is 1. The lowest BCUT2D eigenvalue weighted by Gasteiger charge is -2.11. The maximum absolute atomic E-state index is 13.2. The highest BCUT2D eigenvalue weighted by Crippen LogP contribution is 2.22. The third-order valence-corrected chi connectivity index (χ3v) is 3.67. The molecule has 0 aromatic heterocycles. The highest BCUT2D eigenvalue weighted by Gasteiger charge is 2.25. The van der Waals surface area contributed by atoms with Crippen LogP contribution in [-0.2, 0) is 4.79 Å². The van der Waals surface area contributed by atoms with Gasteiger partial charge in [-0.05, 0) is 18.2 Å². The van der Waals surface area contributed by atoms with E-state index in [1.807, 2.05) is 0 Å². The van der Waals surface area contributed by atoms with Crippen LogP contribution in [0.25, 0.3) is 0 Å². The molecule has 2 rings (SSSR count). The first kappa shape index (κ1) is 14.3. The molecule has 1 aliphatic rings. The predicted molar refractivity (Wildman–Crippen MR) is 69.2 cm³/mol. The number of carbonyl (C=O) groups is 3. The molecular weight excluding hydrogens is 287 g/mol. The van der Waals surface area contributed by atoms with Crippen molar-refractivity contribution in [3.8, 4) is 0 Å². The molecule has 1 heterocycles. The second-order valence-corrected chi connectivity index (χ2v) is 5.06. The molecule has 0 radical (unpaired) electrons. The van der Waals surface area contributed by atoms with Gasteiger partial charge in [0.2, 0.25) is 5.91 Å². The van der Waals surface area contributed by atoms with Crippen LogP contribution in [-0.4, -0.2) is 46.8 Å². The molecule has 1 saturated heterocycles. The molecule has 0 bridgehead atoms. The van der Waals surface area contributed by atoms with Gasteiger partial charge in [0, 0.05) is 18.0 Å². The quantitative estimate of drug-likeness (QED) is 0.815. The van der Waals surface area contributed by atoms with Gasteiger partial charge in [-0.2, -0.15) is 0 Å². The summed E-state index contributed by atoms with van der Waals surface area (Å²) in [6, 6.07) is 3.17. The van der Waals surface area contributed by atoms with E-state index in [2.05, 4.69) is 5.32 Å². The molecule has 0 saturated carbocycles. The van der Waals surface area contributed by atoms with Crippen LogP contribution < -0.4 is 5.32 Å². The molecule has 0 spiro atoms. The van der Waals surface area contributed by atoms with E-state index in [1.165, 1.54) is 12.1 Å². The second kappa shape index (κ2) is 5.91. The van der Waals surface area contributed by atoms with E-state index in [0.29, 0.717) is 18.0 Å². The number of amides is 3. The van der Waals surface area contributed by atoms with Crippen molar-refractivity contribution in [2.45, 2.75) is 4.90 Å². The summed E-state index contributed by atoms with van der Waals surface area (Å²) in [7, 11) is 0. The molecule has 1 aromatic carbocycles. The number of thioether (sulfide) groups is 1. The van der Waals surface area contributed by atoms with Crippen LogP contribution in [0.3, 0.4) is 0 Å². The van der Waals surface area contributed by atoms with Gasteiger partial charge in [0.25, 0.3) is 0 Å². The van der Waals surface area contributed by atoms with E-state index in [0.717, 1.165) is 22.7 Å². The lowest BCUT2D eigenvalue weighted by atomic mass is 10.2. The number of nitrogens with one attached hydrogen (secondary N) is 1. The Kier molecular flexibility index (Phi) is 4.23. The van der Waals surface area contributed by atoms with Gasteiger partial charge in [-0.1, -0.05) is 0 Å². The van der Waals surface area contributed by atoms with Gasteiger partial charge in [0.15, 0.2) is 0 Å². The minimum atomic E-state index is -1.37. The van der Waals surface area contributed by atoms with Crippen molar-refractivity contribution in [1.29, 1.82) is 0 Å². The Hall–Kier alpha value is -2.09. The van der Waals surface area contributed by atoms with Crippen LogP contribution in [0.15, 0.2) is 23.1 Å². The van der Waals surface area contributed by atoms with Crippen LogP contribution in [0.5, 0.6) is 0 Å². The summed E-state index contributed by atoms with van der Waals surface area (Å²) >= 11 is 1.06. The number of aromatic carboxylic acids is 1. The zero-order chi connectivity index (χ0) is 14.7. The van der Waals surface area contributed by atoms with Crippen molar-refractivity contribution in [1.82, 2.24) is 10.2 Å². The first-order valence-corrected chi connectivity index (χ1v) is 6.71. The Morgan fingerprint density at radius 1 is 1.45 bits per heavy atom. The summed E-state index contributed by atoms with van der Waals surface area (Å²) in [5.41, 5.74) is -0.443. The van der Waals surface area contributed by atoms with Gasteiger partial charge in [-0.3, -0.25) is 9.69 Å². The van der Waals surface area contributed by atoms with Gasteiger partial charge in [-0.25, -0.2) is 14.0 Å². The third-order valence-electron chi connectivity index (χ3n) is 2.69. The van der Waals surface area contributed by atoms with Crippen LogP contribution in [0.4, 0.5) is 9.18 Å². The second-order valence-electron chi connectivity index (χ2n) is 4.01. The van der Waals surface area contributed by atoms with Gasteiger partial charge in [0.05, 0.1) is 11.3 Å². The maximum Gasteiger partial charge on any atom is 0.338 e. The largest absolute Gasteiger partial charge is 0.478 e. The zero-order valence-corrected chi connectivity index (χ0v) is 11.1. The Morgan fingerprint density at radius 3 is 2.80 bits per heavy atom. The van der Waals surface area contributed by atoms with Crippen molar-refractivity contribution in [2.24, 2.45) is 0 Å². The Balaban J connectivity index is 2.00. The Bertz CT molecular complexity index is 579. The van der Waals surface area contributed by atoms with Crippen molar-refractivity contribution in [3.05, 3.63) is 29.6 Å². The van der Waals surface area contributed by atoms with Crippen molar-refractivity contribution < 1.29 is 23.9 Å². The van der Waals surface area contributed by atoms with E-state index in [-0.39, 0.29) is 11.7 Å². The number of carboxylic acid groups (broad SMARTS) is 1. The van der Waals surface area contributed by atoms with Crippen LogP contribution in [0.2, 0.25) is 0 Å². The van der Waals surface area contributed by atoms with Gasteiger partial charge < -0.3 is 10.4 Å². The van der Waals surface area contributed by atoms with E-state index in [9.17, 15) is 18.8 Å². The van der Waals surface area contributed by atoms with Crippen molar-refractivity contribution in [3.63, 3.8) is 0 Å². The number of nitrogens with zero attached hydrogens (tertiary/aromatic N) is 1. The Labute approximate surface area is 117 Å². The van der Waals surface area contributed by atoms with E-state index >= 15 is 0 Å². The number of urea groups is 1. The first-order chi connectivity index (χ1) is 9.49. The van der Waals surface area contributed by atoms with Gasteiger partial charge >= 0.3 is 12.0 Å². The minimum absolute atomic E-state index is 0.0158. The summed E-state index contributed by atoms with van der Waals surface area (Å²) in [6.45, 7) is 0.747. The predicted octanol–water partition coefficient (Wildman–Crippen LogP) is 1.17. The highest BCUT2D eigenvalue weighted by atomic mass is 32.2. The monoisotopic (exact) mass is 298 g/mol. The SMILES string of the molecule is O=C(O)c1cc(SCC(=O)N2CCNC2=O)ccc1F. The minimum Gasteiger partial charge on any atom is -0.478 e. The number of carbonyl (C=O) groups excluding carboxylic acids is 2. The molecule has 0 atom stereocenters. The molecule has 8 heteroatoms. The fraction of sp³-hybridized carbons (Fsp3) is 0.250. The first-order valence-electron chi connectivity index (χ1n) is 5.73. The number of hydrogen-bond acceptors (Lipinski definition) is 4. The molecule has 1 aliphatic heterocycles. The molecule has 0 unspecified atom stereocenters. The van der Waals surface area contributed by atoms with Crippen LogP contribution in [0, 0.1) is 5.82 Å². The maximum atomic E-state index is 13.2. The molecule has 6 nitrogen and oxygen atoms in total. The molecule has 20 heavy (non-hydrogen) atoms. The van der Waals surface area contributed by atoms with Gasteiger partial charge in [0.1, 0.15) is 5.82 Å². The van der Waals surface area contributed by atoms with Gasteiger partial charge in [-0.15, -0.1) is 11.8 Å². The molecule has 1 fully saturated rings. The molecule has 3 amide bonds. The molecule has 2 N–H and O–H groups in total. The highest BCUT2D eigenvalue weighted by molar-refractivity contribution is 8.00. The summed E-state index contributed by atoms with van der Waals surface area (Å²) in [5.74, 6) is -2.58. The number of hydrogen-bond donors (Lipinski definition) is 2. The molecule has 0 aliphatic carbocycles. The molecular formula is C12H11FN2O4S. The molecule has 1 aromatic rings. The number of carboxylic acids is 1. The van der Waals surface area contributed by atoms with E-state index < -0.39 is 23.4 Å². The lowest BCUT2D eigenvalue weighted by Crippen LogP contribution is -2.35. The normalized spacial score (nSPS) is 14.2. The van der Waals surface area contributed by atoms with Crippen molar-refractivity contribution >= 4 is 29.7 Å². The third kappa shape index (κ3) is 3.08. The smallest absolute Gasteiger partial charge is 0.338 e. The summed E-state index contributed by atoms with van der Waals surface area (Å²) < 4.78 is 13.2. The zero-order valence-electron chi connectivity index (χ0n) is 10.3. The topological polar surface area (TPSA) is 86.7 Å². The number of benzene rings is 1. The number of rotatable bonds is 4. The van der Waals surface area contributed by atoms with Crippen LogP contribution >= 0.6 is 11.8 Å². The standard InChI is InChI=1S/C12H11FN2O4S/c13-9-2-1-7(5-8(9)11(17)18)20-6-10(16)15-4-3-14-12(15)19/h1-2,5H,3-4,6H2,(H,14,19)(H,17,18). The lowest BCUT2D eigenvalue weighted by molar-refractivity contribution is -0.124. The summed E-state index contributed by atoms with van der Waals surface area (Å²) in [6.07, 6.45) is 0. The van der Waals surface area contributed by atoms with E-state index in [4.69, 9.17) is 5.11 Å². The molecule has 106 valence electrons. The van der Waals surface area contributed by atoms with E-state index in [1.54, 1.807) is 0 Å². The Morgan fingerprint density at radius 2 is 2.20 bits per heavy atom. The fourth-order valence-electron chi connectivity index (χ4n) is 1.69. The fourth-order valence-corrected chi connectivity index (χ4v) is 2.50. The summed E-state index contributed by atoms with van der Waals surface area (Å²) in [4.78, 5) is 35.4. The average molecular weight is 298 g/mol. The van der Waals surface area contributed by atoms with Crippen LogP contribution in [0.1, 0.15) is 10.4 Å². The van der Waals surface area contributed by atoms with Crippen molar-refractivity contribution in [2.75, 3.05) is 18.8 Å². The average Bonchev–Trinajstić information content (AvgIpc) is 2.83.